The monoisotopic (exact) mass is 1020 g/mol. The number of hydrogen-bond donors (Lipinski definition) is 2. The number of amides is 1. The van der Waals surface area contributed by atoms with Crippen LogP contribution in [0.3, 0.4) is 0 Å². The van der Waals surface area contributed by atoms with Crippen molar-refractivity contribution >= 4 is 80.2 Å². The van der Waals surface area contributed by atoms with E-state index in [0.717, 1.165) is 112 Å². The van der Waals surface area contributed by atoms with Crippen molar-refractivity contribution < 1.29 is 23.9 Å². The average molecular weight is 1020 g/mol. The van der Waals surface area contributed by atoms with Gasteiger partial charge in [-0.25, -0.2) is 4.98 Å². The molecule has 2 N–H and O–H groups in total. The van der Waals surface area contributed by atoms with Gasteiger partial charge in [0.05, 0.1) is 36.2 Å². The number of H-pyrrole nitrogens is 2. The summed E-state index contributed by atoms with van der Waals surface area (Å²) in [5.74, 6) is 1.01. The number of hydrogen-bond acceptors (Lipinski definition) is 7. The molecule has 4 unspecified atom stereocenters. The van der Waals surface area contributed by atoms with Gasteiger partial charge in [-0.2, -0.15) is 0 Å². The number of unbranched alkanes of at least 4 members (excludes halogenated alkanes) is 2. The average Bonchev–Trinajstić information content (AvgIpc) is 4.04. The molecule has 11 heteroatoms. The SMILES string of the molecule is C=Cc1c(C)c2cc3nc(c(CC(=O)OC)c4nc(cc5[nH]c(cc1[nH]2)c(C)c5CC)C(C)=C4C(=O)N(CCCC)CCCC)C(CCC(=O)OC/C=C(\C)CCCC(C)CCCC(C)CCCC(C)C)C3C.[Mg+2]. The Kier molecular flexibility index (Phi) is 25.4. The summed E-state index contributed by atoms with van der Waals surface area (Å²) in [6, 6.07) is 6.29. The van der Waals surface area contributed by atoms with Gasteiger partial charge >= 0.3 is 35.0 Å². The second-order valence-electron chi connectivity index (χ2n) is 22.1. The van der Waals surface area contributed by atoms with Crippen LogP contribution in [0.15, 0.2) is 36.4 Å². The molecule has 0 aromatic carbocycles. The molecule has 0 radical (unpaired) electrons. The summed E-state index contributed by atoms with van der Waals surface area (Å²) in [4.78, 5) is 62.7. The number of aryl methyl sites for hydroxylation is 3. The van der Waals surface area contributed by atoms with Crippen LogP contribution in [0.1, 0.15) is 228 Å². The summed E-state index contributed by atoms with van der Waals surface area (Å²) in [6.45, 7) is 32.0. The second-order valence-corrected chi connectivity index (χ2v) is 22.1. The number of aromatic amines is 2. The van der Waals surface area contributed by atoms with Crippen LogP contribution in [0.4, 0.5) is 0 Å². The molecule has 8 bridgehead atoms. The van der Waals surface area contributed by atoms with Crippen LogP contribution >= 0.6 is 0 Å². The third-order valence-electron chi connectivity index (χ3n) is 15.8. The van der Waals surface area contributed by atoms with Gasteiger partial charge in [0, 0.05) is 70.2 Å². The van der Waals surface area contributed by atoms with Gasteiger partial charge in [-0.1, -0.05) is 131 Å². The number of nitrogens with one attached hydrogen (secondary N) is 2. The van der Waals surface area contributed by atoms with Gasteiger partial charge < -0.3 is 24.3 Å². The molecule has 4 atom stereocenters. The van der Waals surface area contributed by atoms with E-state index in [1.165, 1.54) is 57.6 Å². The van der Waals surface area contributed by atoms with E-state index in [9.17, 15) is 9.59 Å². The van der Waals surface area contributed by atoms with Crippen molar-refractivity contribution in [2.75, 3.05) is 26.8 Å². The minimum absolute atomic E-state index is 0. The molecule has 2 aliphatic rings. The zero-order chi connectivity index (χ0) is 53.4. The number of nitrogens with zero attached hydrogens (tertiary/aromatic N) is 3. The number of carbonyl (C=O) groups is 3. The van der Waals surface area contributed by atoms with Gasteiger partial charge in [0.2, 0.25) is 0 Å². The molecule has 5 heterocycles. The van der Waals surface area contributed by atoms with Gasteiger partial charge in [-0.3, -0.25) is 19.4 Å². The molecular weight excluding hydrogens is 931 g/mol. The Morgan fingerprint density at radius 3 is 2.00 bits per heavy atom. The first-order valence-electron chi connectivity index (χ1n) is 28.2. The third kappa shape index (κ3) is 16.5. The number of ether oxygens (including phenoxy) is 2. The Hall–Kier alpha value is -4.48. The number of methoxy groups -OCH3 is 1. The number of aromatic nitrogens is 4. The van der Waals surface area contributed by atoms with Crippen molar-refractivity contribution in [3.8, 4) is 0 Å². The zero-order valence-electron chi connectivity index (χ0n) is 48.2. The fraction of sp³-hybridized carbons (Fsp3) is 0.603. The van der Waals surface area contributed by atoms with Crippen LogP contribution < -0.4 is 0 Å². The van der Waals surface area contributed by atoms with E-state index >= 15 is 4.79 Å². The number of fused-ring (bicyclic) bond motifs is 8. The molecule has 400 valence electrons. The first-order valence-corrected chi connectivity index (χ1v) is 28.2. The maximum atomic E-state index is 15.2. The minimum Gasteiger partial charge on any atom is -0.469 e. The Morgan fingerprint density at radius 1 is 0.770 bits per heavy atom. The van der Waals surface area contributed by atoms with Gasteiger partial charge in [-0.05, 0) is 131 Å². The standard InChI is InChI=1S/C63H93N5O5.Mg/c1-15-19-33-68(34-20-16-2)63(71)60-47(13)55-39-57-49(18-4)45(11)53(65-57)38-56-48(17-3)44(10)52(64-56)37-54-46(12)50(61(66-54)51(62(60)67-55)36-59(70)72-14)30-31-58(69)73-35-32-43(9)29-23-28-42(8)27-22-26-41(7)25-21-24-40(5)6;/h17,32,37-42,46,50,64-65H,3,15-16,18-31,33-36H2,1-2,4-14H3;/q;+2/b43-32+,52-37?,53-38?,54-37?,55-39?,56-38?,57-39?,61-51?,62-51?;. The van der Waals surface area contributed by atoms with Gasteiger partial charge in [-0.15, -0.1) is 0 Å². The molecule has 10 nitrogen and oxygen atoms in total. The first kappa shape index (κ1) is 62.1. The van der Waals surface area contributed by atoms with Crippen molar-refractivity contribution in [1.29, 1.82) is 0 Å². The first-order chi connectivity index (χ1) is 35.0. The number of rotatable bonds is 28. The van der Waals surface area contributed by atoms with Crippen LogP contribution in [-0.2, 0) is 36.7 Å². The quantitative estimate of drug-likeness (QED) is 0.0421. The van der Waals surface area contributed by atoms with Gasteiger partial charge in [0.15, 0.2) is 0 Å². The Bertz CT molecular complexity index is 2610. The summed E-state index contributed by atoms with van der Waals surface area (Å²) >= 11 is 0. The third-order valence-corrected chi connectivity index (χ3v) is 15.8. The second kappa shape index (κ2) is 30.3. The minimum atomic E-state index is -0.461. The Labute approximate surface area is 462 Å². The molecule has 0 spiro atoms. The van der Waals surface area contributed by atoms with Crippen LogP contribution in [0, 0.1) is 31.6 Å². The van der Waals surface area contributed by atoms with Gasteiger partial charge in [0.1, 0.15) is 6.61 Å². The smallest absolute Gasteiger partial charge is 0.469 e. The summed E-state index contributed by atoms with van der Waals surface area (Å²) < 4.78 is 11.3. The Morgan fingerprint density at radius 2 is 1.39 bits per heavy atom. The maximum absolute atomic E-state index is 15.2. The Balaban J connectivity index is 0.0000119. The van der Waals surface area contributed by atoms with Crippen LogP contribution in [-0.4, -0.2) is 92.5 Å². The molecule has 0 aliphatic carbocycles. The van der Waals surface area contributed by atoms with Crippen molar-refractivity contribution in [2.45, 2.75) is 204 Å². The molecule has 74 heavy (non-hydrogen) atoms. The number of allylic oxidation sites excluding steroid dienone is 2. The molecular formula is C63H93MgN5O5+2. The van der Waals surface area contributed by atoms with E-state index in [-0.39, 0.29) is 66.2 Å². The molecule has 3 aromatic heterocycles. The largest absolute Gasteiger partial charge is 2.00 e. The van der Waals surface area contributed by atoms with Crippen molar-refractivity contribution in [3.63, 3.8) is 0 Å². The van der Waals surface area contributed by atoms with Crippen molar-refractivity contribution in [1.82, 2.24) is 24.8 Å². The van der Waals surface area contributed by atoms with Crippen LogP contribution in [0.25, 0.3) is 39.3 Å². The predicted octanol–water partition coefficient (Wildman–Crippen LogP) is 15.4. The summed E-state index contributed by atoms with van der Waals surface area (Å²) in [5.41, 5.74) is 13.6. The predicted molar refractivity (Wildman–Crippen MR) is 310 cm³/mol. The van der Waals surface area contributed by atoms with E-state index in [2.05, 4.69) is 111 Å². The van der Waals surface area contributed by atoms with E-state index < -0.39 is 5.97 Å². The molecule has 3 aromatic rings. The maximum Gasteiger partial charge on any atom is 2.00 e. The fourth-order valence-electron chi connectivity index (χ4n) is 10.9. The van der Waals surface area contributed by atoms with Crippen LogP contribution in [0.2, 0.25) is 0 Å². The molecule has 0 saturated heterocycles. The normalized spacial score (nSPS) is 15.5. The fourth-order valence-corrected chi connectivity index (χ4v) is 10.9. The van der Waals surface area contributed by atoms with E-state index in [0.29, 0.717) is 53.6 Å². The van der Waals surface area contributed by atoms with Crippen molar-refractivity contribution in [2.24, 2.45) is 17.8 Å². The van der Waals surface area contributed by atoms with Gasteiger partial charge in [0.25, 0.3) is 5.91 Å². The van der Waals surface area contributed by atoms with Crippen LogP contribution in [0.5, 0.6) is 0 Å². The van der Waals surface area contributed by atoms with E-state index in [1.807, 2.05) is 24.0 Å². The zero-order valence-corrected chi connectivity index (χ0v) is 49.6. The molecule has 0 fully saturated rings. The molecule has 2 aliphatic heterocycles. The molecule has 0 saturated carbocycles. The van der Waals surface area contributed by atoms with E-state index in [4.69, 9.17) is 19.4 Å². The van der Waals surface area contributed by atoms with E-state index in [1.54, 1.807) is 0 Å². The number of carbonyl (C=O) groups excluding carboxylic acids is 3. The summed E-state index contributed by atoms with van der Waals surface area (Å²) in [7, 11) is 1.38. The molecule has 1 amide bonds. The summed E-state index contributed by atoms with van der Waals surface area (Å²) in [6.07, 6.45) is 20.1. The molecule has 5 rings (SSSR count). The number of esters is 2. The van der Waals surface area contributed by atoms with Crippen molar-refractivity contribution in [3.05, 3.63) is 87.0 Å². The topological polar surface area (TPSA) is 130 Å². The summed E-state index contributed by atoms with van der Waals surface area (Å²) in [5, 5.41) is 0.